The predicted octanol–water partition coefficient (Wildman–Crippen LogP) is 14.8. The minimum Gasteiger partial charge on any atom is -0.494 e. The summed E-state index contributed by atoms with van der Waals surface area (Å²) in [5.41, 5.74) is 4.92. The molecule has 0 saturated heterocycles. The Hall–Kier alpha value is -6.80. The fourth-order valence-corrected chi connectivity index (χ4v) is 10.3. The predicted molar refractivity (Wildman–Crippen MR) is 277 cm³/mol. The number of aliphatic hydroxyl groups is 2. The molecule has 6 nitrogen and oxygen atoms in total. The Bertz CT molecular complexity index is 3210. The highest BCUT2D eigenvalue weighted by atomic mass is 35.5. The van der Waals surface area contributed by atoms with Crippen LogP contribution in [0.4, 0.5) is 0 Å². The summed E-state index contributed by atoms with van der Waals surface area (Å²) >= 11 is 13.7. The van der Waals surface area contributed by atoms with Crippen LogP contribution in [0, 0.1) is 0 Å². The van der Waals surface area contributed by atoms with Gasteiger partial charge in [0.2, 0.25) is 0 Å². The first-order valence-electron chi connectivity index (χ1n) is 23.1. The van der Waals surface area contributed by atoms with Crippen LogP contribution in [0.1, 0.15) is 61.1 Å². The van der Waals surface area contributed by atoms with Gasteiger partial charge in [0.05, 0.1) is 26.4 Å². The standard InChI is InChI=1S/C30H27ClO4.C30H25ClO2/c1-3-34-22-16-12-20(13-17-22)29(32)24-8-5-6-9-25(24)30(33,28-26(29)10-7-11-27(28)31)21-14-18-23(19-15-21)35-4-2;1-3-32-22-16-12-20(13-17-22)28-24-8-5-6-9-25(24)29(30-26(28)10-7-11-27(30)31)21-14-18-23(19-15-21)33-4-2/h5-19,32-33H,3-4H2,1-2H3;5-19H,3-4H2,1-2H3. The van der Waals surface area contributed by atoms with Crippen LogP contribution in [0.15, 0.2) is 182 Å². The third-order valence-electron chi connectivity index (χ3n) is 12.5. The molecular weight excluding hydrogens is 888 g/mol. The molecule has 68 heavy (non-hydrogen) atoms. The second-order valence-electron chi connectivity index (χ2n) is 16.4. The molecule has 0 aliphatic heterocycles. The number of hydrogen-bond acceptors (Lipinski definition) is 6. The van der Waals surface area contributed by atoms with Gasteiger partial charge in [-0.05, 0) is 149 Å². The molecule has 0 aromatic heterocycles. The van der Waals surface area contributed by atoms with Crippen molar-refractivity contribution in [1.29, 1.82) is 0 Å². The van der Waals surface area contributed by atoms with Crippen LogP contribution < -0.4 is 18.9 Å². The zero-order valence-corrected chi connectivity index (χ0v) is 39.9. The van der Waals surface area contributed by atoms with Gasteiger partial charge in [0.1, 0.15) is 34.2 Å². The number of ether oxygens (including phenoxy) is 4. The van der Waals surface area contributed by atoms with Gasteiger partial charge in [0.15, 0.2) is 0 Å². The lowest BCUT2D eigenvalue weighted by Crippen LogP contribution is -2.44. The van der Waals surface area contributed by atoms with E-state index in [1.54, 1.807) is 12.1 Å². The SMILES string of the molecule is CCOc1ccc(-c2c3ccccc3c(-c3ccc(OCC)cc3)c3c(Cl)cccc23)cc1.CCOc1ccc(C2(O)c3ccccc3C(O)(c3ccc(OCC)cc3)c3c(Cl)cccc32)cc1. The largest absolute Gasteiger partial charge is 0.494 e. The summed E-state index contributed by atoms with van der Waals surface area (Å²) < 4.78 is 22.5. The summed E-state index contributed by atoms with van der Waals surface area (Å²) in [6.45, 7) is 10.3. The maximum atomic E-state index is 12.5. The Morgan fingerprint density at radius 3 is 1.24 bits per heavy atom. The Morgan fingerprint density at radius 2 is 0.735 bits per heavy atom. The number of benzene rings is 9. The Kier molecular flexibility index (Phi) is 13.5. The minimum atomic E-state index is -1.58. The molecule has 2 N–H and O–H groups in total. The highest BCUT2D eigenvalue weighted by Gasteiger charge is 2.52. The third kappa shape index (κ3) is 8.32. The van der Waals surface area contributed by atoms with Gasteiger partial charge in [-0.3, -0.25) is 0 Å². The maximum absolute atomic E-state index is 12.5. The van der Waals surface area contributed by atoms with Crippen LogP contribution in [0.25, 0.3) is 43.8 Å². The molecule has 1 aliphatic carbocycles. The summed E-state index contributed by atoms with van der Waals surface area (Å²) in [6, 6.07) is 58.9. The van der Waals surface area contributed by atoms with Crippen LogP contribution in [0.5, 0.6) is 23.0 Å². The summed E-state index contributed by atoms with van der Waals surface area (Å²) in [6.07, 6.45) is 0. The van der Waals surface area contributed by atoms with E-state index in [1.165, 1.54) is 16.3 Å². The van der Waals surface area contributed by atoms with E-state index in [2.05, 4.69) is 54.6 Å². The van der Waals surface area contributed by atoms with E-state index in [0.29, 0.717) is 70.6 Å². The Balaban J connectivity index is 0.000000170. The van der Waals surface area contributed by atoms with E-state index in [9.17, 15) is 10.2 Å². The van der Waals surface area contributed by atoms with Gasteiger partial charge >= 0.3 is 0 Å². The molecule has 0 saturated carbocycles. The Labute approximate surface area is 407 Å². The molecule has 9 aromatic carbocycles. The molecule has 0 fully saturated rings. The van der Waals surface area contributed by atoms with Crippen molar-refractivity contribution in [3.05, 3.63) is 225 Å². The van der Waals surface area contributed by atoms with E-state index in [4.69, 9.17) is 42.1 Å². The number of fused-ring (bicyclic) bond motifs is 4. The van der Waals surface area contributed by atoms with Crippen molar-refractivity contribution < 1.29 is 29.2 Å². The molecule has 0 spiro atoms. The van der Waals surface area contributed by atoms with Crippen molar-refractivity contribution in [3.63, 3.8) is 0 Å². The average Bonchev–Trinajstić information content (AvgIpc) is 3.37. The topological polar surface area (TPSA) is 77.4 Å². The second-order valence-corrected chi connectivity index (χ2v) is 17.2. The normalized spacial score (nSPS) is 16.0. The van der Waals surface area contributed by atoms with Crippen LogP contribution in [-0.4, -0.2) is 36.6 Å². The molecule has 8 heteroatoms. The second kappa shape index (κ2) is 19.8. The zero-order valence-electron chi connectivity index (χ0n) is 38.4. The summed E-state index contributed by atoms with van der Waals surface area (Å²) in [5.74, 6) is 3.18. The fraction of sp³-hybridized carbons (Fsp3) is 0.167. The number of hydrogen-bond donors (Lipinski definition) is 2. The summed E-state index contributed by atoms with van der Waals surface area (Å²) in [7, 11) is 0. The summed E-state index contributed by atoms with van der Waals surface area (Å²) in [5, 5.41) is 30.6. The van der Waals surface area contributed by atoms with Gasteiger partial charge in [-0.2, -0.15) is 0 Å². The molecule has 2 unspecified atom stereocenters. The van der Waals surface area contributed by atoms with E-state index >= 15 is 0 Å². The number of halogens is 2. The fourth-order valence-electron chi connectivity index (χ4n) is 9.68. The first-order valence-corrected chi connectivity index (χ1v) is 23.8. The lowest BCUT2D eigenvalue weighted by molar-refractivity contribution is 0.0748. The van der Waals surface area contributed by atoms with Crippen molar-refractivity contribution in [3.8, 4) is 45.3 Å². The molecule has 9 aromatic rings. The zero-order chi connectivity index (χ0) is 47.4. The van der Waals surface area contributed by atoms with Gasteiger partial charge in [0.25, 0.3) is 0 Å². The van der Waals surface area contributed by atoms with Crippen LogP contribution in [0.3, 0.4) is 0 Å². The molecule has 0 radical (unpaired) electrons. The third-order valence-corrected chi connectivity index (χ3v) is 13.2. The maximum Gasteiger partial charge on any atom is 0.142 e. The lowest BCUT2D eigenvalue weighted by Gasteiger charge is -2.45. The van der Waals surface area contributed by atoms with E-state index in [-0.39, 0.29) is 0 Å². The van der Waals surface area contributed by atoms with Gasteiger partial charge in [0, 0.05) is 26.6 Å². The minimum absolute atomic E-state index is 0.373. The quantitative estimate of drug-likeness (QED) is 0.119. The molecule has 0 amide bonds. The molecule has 0 heterocycles. The van der Waals surface area contributed by atoms with Crippen molar-refractivity contribution in [2.75, 3.05) is 26.4 Å². The van der Waals surface area contributed by atoms with Crippen molar-refractivity contribution in [2.45, 2.75) is 38.9 Å². The molecule has 10 rings (SSSR count). The first-order chi connectivity index (χ1) is 33.1. The molecule has 1 aliphatic rings. The highest BCUT2D eigenvalue weighted by Crippen LogP contribution is 2.55. The van der Waals surface area contributed by atoms with Crippen molar-refractivity contribution >= 4 is 44.7 Å². The van der Waals surface area contributed by atoms with Crippen LogP contribution in [0.2, 0.25) is 10.0 Å². The van der Waals surface area contributed by atoms with Crippen LogP contribution in [-0.2, 0) is 11.2 Å². The number of rotatable bonds is 12. The van der Waals surface area contributed by atoms with Gasteiger partial charge < -0.3 is 29.2 Å². The lowest BCUT2D eigenvalue weighted by atomic mass is 9.63. The van der Waals surface area contributed by atoms with Gasteiger partial charge in [-0.15, -0.1) is 0 Å². The van der Waals surface area contributed by atoms with Gasteiger partial charge in [-0.25, -0.2) is 0 Å². The van der Waals surface area contributed by atoms with E-state index in [1.807, 2.05) is 143 Å². The van der Waals surface area contributed by atoms with E-state index < -0.39 is 11.2 Å². The van der Waals surface area contributed by atoms with Crippen molar-refractivity contribution in [1.82, 2.24) is 0 Å². The summed E-state index contributed by atoms with van der Waals surface area (Å²) in [4.78, 5) is 0. The smallest absolute Gasteiger partial charge is 0.142 e. The molecule has 342 valence electrons. The highest BCUT2D eigenvalue weighted by molar-refractivity contribution is 6.39. The monoisotopic (exact) mass is 938 g/mol. The molecule has 0 bridgehead atoms. The first kappa shape index (κ1) is 46.3. The molecule has 2 atom stereocenters. The van der Waals surface area contributed by atoms with E-state index in [0.717, 1.165) is 49.7 Å². The van der Waals surface area contributed by atoms with Gasteiger partial charge in [-0.1, -0.05) is 145 Å². The molecular formula is C60H52Cl2O6. The van der Waals surface area contributed by atoms with Crippen molar-refractivity contribution in [2.24, 2.45) is 0 Å². The average molecular weight is 940 g/mol. The van der Waals surface area contributed by atoms with Crippen LogP contribution >= 0.6 is 23.2 Å². The Morgan fingerprint density at radius 1 is 0.368 bits per heavy atom.